The van der Waals surface area contributed by atoms with Crippen LogP contribution in [0.4, 0.5) is 0 Å². The van der Waals surface area contributed by atoms with Gasteiger partial charge in [0.1, 0.15) is 17.4 Å². The van der Waals surface area contributed by atoms with Gasteiger partial charge in [0.05, 0.1) is 5.56 Å². The van der Waals surface area contributed by atoms with E-state index in [-0.39, 0.29) is 5.56 Å². The van der Waals surface area contributed by atoms with Crippen LogP contribution in [0.2, 0.25) is 5.02 Å². The lowest BCUT2D eigenvalue weighted by molar-refractivity contribution is -0.113. The molecule has 2 aromatic rings. The molecular weight excluding hydrogens is 390 g/mol. The molecule has 0 saturated heterocycles. The van der Waals surface area contributed by atoms with E-state index in [0.29, 0.717) is 35.6 Å². The number of carboxylic acids is 1. The largest absolute Gasteiger partial charge is 0.487 e. The molecule has 0 spiro atoms. The fourth-order valence-corrected chi connectivity index (χ4v) is 4.68. The zero-order valence-corrected chi connectivity index (χ0v) is 16.8. The molecule has 3 atom stereocenters. The first-order valence-corrected chi connectivity index (χ1v) is 10.0. The van der Waals surface area contributed by atoms with Crippen LogP contribution in [0.25, 0.3) is 0 Å². The number of hydrogen-bond donors (Lipinski definition) is 2. The molecule has 0 amide bonds. The zero-order valence-electron chi connectivity index (χ0n) is 16.0. The SMILES string of the molecule is CCC1(C(O)(c2ccccc2Cl)C2CCc3cc(C(=O)O)ccc3O2)C=CC=N1. The number of aryl methyl sites for hydroxylation is 1. The Morgan fingerprint density at radius 2 is 2.14 bits per heavy atom. The molecule has 150 valence electrons. The van der Waals surface area contributed by atoms with Crippen LogP contribution in [0.15, 0.2) is 59.6 Å². The van der Waals surface area contributed by atoms with Crippen LogP contribution in [0, 0.1) is 0 Å². The smallest absolute Gasteiger partial charge is 0.335 e. The van der Waals surface area contributed by atoms with Gasteiger partial charge in [-0.2, -0.15) is 0 Å². The maximum absolute atomic E-state index is 12.2. The molecule has 4 rings (SSSR count). The number of carbonyl (C=O) groups is 1. The molecule has 0 saturated carbocycles. The number of carboxylic acid groups (broad SMARTS) is 1. The van der Waals surface area contributed by atoms with Crippen molar-refractivity contribution in [3.05, 3.63) is 76.3 Å². The third kappa shape index (κ3) is 3.05. The van der Waals surface area contributed by atoms with Crippen LogP contribution < -0.4 is 4.74 Å². The molecule has 5 nitrogen and oxygen atoms in total. The Labute approximate surface area is 174 Å². The first-order valence-electron chi connectivity index (χ1n) is 9.64. The Balaban J connectivity index is 1.81. The molecule has 2 N–H and O–H groups in total. The van der Waals surface area contributed by atoms with Crippen molar-refractivity contribution >= 4 is 23.8 Å². The number of nitrogens with zero attached hydrogens (tertiary/aromatic N) is 1. The van der Waals surface area contributed by atoms with E-state index in [4.69, 9.17) is 16.3 Å². The molecule has 2 aromatic carbocycles. The number of rotatable bonds is 5. The topological polar surface area (TPSA) is 79.1 Å². The third-order valence-corrected chi connectivity index (χ3v) is 6.29. The van der Waals surface area contributed by atoms with E-state index in [1.807, 2.05) is 37.3 Å². The van der Waals surface area contributed by atoms with Crippen LogP contribution in [0.3, 0.4) is 0 Å². The number of allylic oxidation sites excluding steroid dienone is 1. The summed E-state index contributed by atoms with van der Waals surface area (Å²) in [6, 6.07) is 12.0. The lowest BCUT2D eigenvalue weighted by Crippen LogP contribution is -2.58. The molecule has 0 aliphatic carbocycles. The lowest BCUT2D eigenvalue weighted by Gasteiger charge is -2.48. The van der Waals surface area contributed by atoms with Gasteiger partial charge in [-0.3, -0.25) is 4.99 Å². The van der Waals surface area contributed by atoms with Gasteiger partial charge >= 0.3 is 5.97 Å². The van der Waals surface area contributed by atoms with Gasteiger partial charge in [0.2, 0.25) is 0 Å². The summed E-state index contributed by atoms with van der Waals surface area (Å²) >= 11 is 6.52. The van der Waals surface area contributed by atoms with Crippen LogP contribution in [-0.2, 0) is 12.0 Å². The van der Waals surface area contributed by atoms with E-state index >= 15 is 0 Å². The molecule has 0 aromatic heterocycles. The minimum Gasteiger partial charge on any atom is -0.487 e. The minimum absolute atomic E-state index is 0.223. The van der Waals surface area contributed by atoms with E-state index < -0.39 is 23.2 Å². The fourth-order valence-electron chi connectivity index (χ4n) is 4.40. The summed E-state index contributed by atoms with van der Waals surface area (Å²) in [5.41, 5.74) is -0.782. The van der Waals surface area contributed by atoms with E-state index in [1.165, 1.54) is 6.07 Å². The van der Waals surface area contributed by atoms with Crippen molar-refractivity contribution in [3.63, 3.8) is 0 Å². The number of aromatic carboxylic acids is 1. The Bertz CT molecular complexity index is 1000. The number of hydrogen-bond acceptors (Lipinski definition) is 4. The Hall–Kier alpha value is -2.63. The van der Waals surface area contributed by atoms with Crippen molar-refractivity contribution in [1.29, 1.82) is 0 Å². The number of ether oxygens (including phenoxy) is 1. The average molecular weight is 412 g/mol. The van der Waals surface area contributed by atoms with Crippen LogP contribution in [0.5, 0.6) is 5.75 Å². The second-order valence-electron chi connectivity index (χ2n) is 7.43. The molecule has 3 unspecified atom stereocenters. The van der Waals surface area contributed by atoms with E-state index in [2.05, 4.69) is 4.99 Å². The molecule has 2 heterocycles. The summed E-state index contributed by atoms with van der Waals surface area (Å²) in [4.78, 5) is 15.9. The molecule has 2 aliphatic rings. The summed E-state index contributed by atoms with van der Waals surface area (Å²) < 4.78 is 6.27. The summed E-state index contributed by atoms with van der Waals surface area (Å²) in [7, 11) is 0. The molecular formula is C23H22ClNO4. The van der Waals surface area contributed by atoms with Gasteiger partial charge in [-0.25, -0.2) is 4.79 Å². The highest BCUT2D eigenvalue weighted by atomic mass is 35.5. The van der Waals surface area contributed by atoms with Gasteiger partial charge in [0, 0.05) is 16.8 Å². The first-order chi connectivity index (χ1) is 13.9. The molecule has 0 bridgehead atoms. The predicted molar refractivity (Wildman–Crippen MR) is 112 cm³/mol. The van der Waals surface area contributed by atoms with Gasteiger partial charge in [0.15, 0.2) is 5.60 Å². The van der Waals surface area contributed by atoms with Crippen LogP contribution in [0.1, 0.15) is 41.3 Å². The summed E-state index contributed by atoms with van der Waals surface area (Å²) in [6.07, 6.45) is 6.48. The van der Waals surface area contributed by atoms with E-state index in [0.717, 1.165) is 5.56 Å². The minimum atomic E-state index is -1.49. The molecule has 0 fully saturated rings. The lowest BCUT2D eigenvalue weighted by atomic mass is 9.68. The summed E-state index contributed by atoms with van der Waals surface area (Å²) in [5.74, 6) is -0.396. The Morgan fingerprint density at radius 1 is 1.34 bits per heavy atom. The quantitative estimate of drug-likeness (QED) is 0.763. The highest BCUT2D eigenvalue weighted by molar-refractivity contribution is 6.31. The van der Waals surface area contributed by atoms with Crippen LogP contribution >= 0.6 is 11.6 Å². The number of fused-ring (bicyclic) bond motifs is 1. The maximum atomic E-state index is 12.2. The number of halogens is 1. The van der Waals surface area contributed by atoms with E-state index in [1.54, 1.807) is 24.4 Å². The monoisotopic (exact) mass is 411 g/mol. The summed E-state index contributed by atoms with van der Waals surface area (Å²) in [6.45, 7) is 1.98. The van der Waals surface area contributed by atoms with E-state index in [9.17, 15) is 15.0 Å². The van der Waals surface area contributed by atoms with Gasteiger partial charge in [0.25, 0.3) is 0 Å². The second kappa shape index (κ2) is 7.32. The Morgan fingerprint density at radius 3 is 2.79 bits per heavy atom. The van der Waals surface area contributed by atoms with Crippen molar-refractivity contribution in [2.75, 3.05) is 0 Å². The van der Waals surface area contributed by atoms with Crippen molar-refractivity contribution in [2.24, 2.45) is 4.99 Å². The highest BCUT2D eigenvalue weighted by Crippen LogP contribution is 2.49. The maximum Gasteiger partial charge on any atom is 0.335 e. The first kappa shape index (κ1) is 19.7. The van der Waals surface area contributed by atoms with Gasteiger partial charge in [-0.05, 0) is 55.2 Å². The van der Waals surface area contributed by atoms with Crippen molar-refractivity contribution in [3.8, 4) is 5.75 Å². The van der Waals surface area contributed by atoms with Crippen molar-refractivity contribution < 1.29 is 19.7 Å². The normalized spacial score (nSPS) is 24.6. The van der Waals surface area contributed by atoms with Crippen molar-refractivity contribution in [1.82, 2.24) is 0 Å². The molecule has 2 aliphatic heterocycles. The second-order valence-corrected chi connectivity index (χ2v) is 7.84. The van der Waals surface area contributed by atoms with Crippen molar-refractivity contribution in [2.45, 2.75) is 43.4 Å². The van der Waals surface area contributed by atoms with Gasteiger partial charge in [-0.15, -0.1) is 0 Å². The number of benzene rings is 2. The molecule has 6 heteroatoms. The standard InChI is InChI=1S/C23H22ClNO4/c1-2-22(12-5-13-25-22)23(28,17-6-3-4-7-18(17)24)20-11-9-15-14-16(21(26)27)8-10-19(15)29-20/h3-8,10,12-14,20,28H,2,9,11H2,1H3,(H,26,27). The third-order valence-electron chi connectivity index (χ3n) is 5.96. The van der Waals surface area contributed by atoms with Gasteiger partial charge in [-0.1, -0.05) is 42.8 Å². The Kier molecular flexibility index (Phi) is 4.97. The van der Waals surface area contributed by atoms with Gasteiger partial charge < -0.3 is 14.9 Å². The fraction of sp³-hybridized carbons (Fsp3) is 0.304. The average Bonchev–Trinajstić information content (AvgIpc) is 3.23. The van der Waals surface area contributed by atoms with Crippen LogP contribution in [-0.4, -0.2) is 34.0 Å². The number of aliphatic imine (C=N–C) groups is 1. The molecule has 29 heavy (non-hydrogen) atoms. The molecule has 0 radical (unpaired) electrons. The summed E-state index contributed by atoms with van der Waals surface area (Å²) in [5, 5.41) is 21.9. The predicted octanol–water partition coefficient (Wildman–Crippen LogP) is 4.41. The highest BCUT2D eigenvalue weighted by Gasteiger charge is 2.57. The number of aliphatic hydroxyl groups is 1. The zero-order chi connectivity index (χ0) is 20.6.